The zero-order valence-electron chi connectivity index (χ0n) is 14.6. The van der Waals surface area contributed by atoms with E-state index in [1.54, 1.807) is 11.4 Å². The van der Waals surface area contributed by atoms with Crippen LogP contribution < -0.4 is 5.32 Å². The molecule has 0 unspecified atom stereocenters. The van der Waals surface area contributed by atoms with Crippen molar-refractivity contribution in [2.45, 2.75) is 36.1 Å². The lowest BCUT2D eigenvalue weighted by atomic mass is 10.3. The van der Waals surface area contributed by atoms with Gasteiger partial charge in [0, 0.05) is 5.92 Å². The van der Waals surface area contributed by atoms with Gasteiger partial charge in [-0.3, -0.25) is 4.79 Å². The third-order valence-corrected chi connectivity index (χ3v) is 6.01. The van der Waals surface area contributed by atoms with Crippen LogP contribution in [0.4, 0.5) is 5.00 Å². The molecule has 1 saturated carbocycles. The maximum Gasteiger partial charge on any atom is 0.238 e. The van der Waals surface area contributed by atoms with Crippen molar-refractivity contribution < 1.29 is 4.79 Å². The Bertz CT molecular complexity index is 1000. The molecule has 0 bridgehead atoms. The molecule has 1 aromatic carbocycles. The Morgan fingerprint density at radius 2 is 2.15 bits per heavy atom. The van der Waals surface area contributed by atoms with E-state index in [2.05, 4.69) is 21.5 Å². The molecule has 1 atom stereocenters. The zero-order valence-corrected chi connectivity index (χ0v) is 16.3. The lowest BCUT2D eigenvalue weighted by Crippen LogP contribution is -2.22. The quantitative estimate of drug-likeness (QED) is 0.633. The Hall–Kier alpha value is -2.63. The molecule has 2 heterocycles. The largest absolute Gasteiger partial charge is 0.316 e. The molecule has 4 rings (SSSR count). The number of nitrogens with one attached hydrogen (secondary N) is 1. The molecule has 0 spiro atoms. The highest BCUT2D eigenvalue weighted by Crippen LogP contribution is 2.40. The number of carbonyl (C=O) groups excluding carboxylic acids is 1. The molecule has 1 N–H and O–H groups in total. The van der Waals surface area contributed by atoms with Gasteiger partial charge in [-0.15, -0.1) is 16.4 Å². The van der Waals surface area contributed by atoms with E-state index in [9.17, 15) is 4.79 Å². The second-order valence-corrected chi connectivity index (χ2v) is 8.52. The number of anilines is 1. The van der Waals surface area contributed by atoms with Crippen LogP contribution in [-0.2, 0) is 4.79 Å². The van der Waals surface area contributed by atoms with Gasteiger partial charge >= 0.3 is 0 Å². The van der Waals surface area contributed by atoms with Gasteiger partial charge in [-0.2, -0.15) is 5.26 Å². The first-order valence-electron chi connectivity index (χ1n) is 8.63. The van der Waals surface area contributed by atoms with Gasteiger partial charge in [-0.25, -0.2) is 9.67 Å². The molecule has 0 radical (unpaired) electrons. The van der Waals surface area contributed by atoms with E-state index in [1.165, 1.54) is 23.1 Å². The Labute approximate surface area is 165 Å². The van der Waals surface area contributed by atoms with Crippen LogP contribution in [0.15, 0.2) is 46.9 Å². The second kappa shape index (κ2) is 7.55. The summed E-state index contributed by atoms with van der Waals surface area (Å²) in [4.78, 5) is 17.2. The number of hydrogen-bond acceptors (Lipinski definition) is 6. The standard InChI is InChI=1S/C19H17N5OS2/c1-12(17(25)22-18-14(11-20)9-10-26-18)27-19-21-16(13-7-8-13)24(23-19)15-5-3-2-4-6-15/h2-6,9-10,12-13H,7-8H2,1H3,(H,22,25)/t12-/m0/s1. The van der Waals surface area contributed by atoms with Crippen LogP contribution in [0.5, 0.6) is 0 Å². The number of para-hydroxylation sites is 1. The fraction of sp³-hybridized carbons (Fsp3) is 0.263. The number of nitrogens with zero attached hydrogens (tertiary/aromatic N) is 4. The van der Waals surface area contributed by atoms with Crippen LogP contribution >= 0.6 is 23.1 Å². The predicted octanol–water partition coefficient (Wildman–Crippen LogP) is 4.20. The summed E-state index contributed by atoms with van der Waals surface area (Å²) in [6.45, 7) is 1.82. The third-order valence-electron chi connectivity index (χ3n) is 4.23. The van der Waals surface area contributed by atoms with Crippen molar-refractivity contribution >= 4 is 34.0 Å². The second-order valence-electron chi connectivity index (χ2n) is 6.30. The van der Waals surface area contributed by atoms with E-state index < -0.39 is 0 Å². The van der Waals surface area contributed by atoms with Crippen molar-refractivity contribution in [3.63, 3.8) is 0 Å². The summed E-state index contributed by atoms with van der Waals surface area (Å²) < 4.78 is 1.89. The number of rotatable bonds is 6. The molecule has 8 heteroatoms. The summed E-state index contributed by atoms with van der Waals surface area (Å²) >= 11 is 2.67. The van der Waals surface area contributed by atoms with E-state index in [0.717, 1.165) is 24.4 Å². The average Bonchev–Trinajstić information content (AvgIpc) is 3.29. The summed E-state index contributed by atoms with van der Waals surface area (Å²) in [5, 5.41) is 19.1. The minimum atomic E-state index is -0.377. The van der Waals surface area contributed by atoms with Crippen LogP contribution in [-0.4, -0.2) is 25.9 Å². The number of thioether (sulfide) groups is 1. The molecular formula is C19H17N5OS2. The number of amides is 1. The minimum Gasteiger partial charge on any atom is -0.316 e. The number of aromatic nitrogens is 3. The van der Waals surface area contributed by atoms with Crippen LogP contribution in [0.3, 0.4) is 0 Å². The Balaban J connectivity index is 1.51. The van der Waals surface area contributed by atoms with Gasteiger partial charge in [-0.05, 0) is 43.3 Å². The average molecular weight is 396 g/mol. The molecule has 0 aliphatic heterocycles. The number of carbonyl (C=O) groups is 1. The fourth-order valence-corrected chi connectivity index (χ4v) is 4.14. The highest BCUT2D eigenvalue weighted by molar-refractivity contribution is 8.00. The molecule has 6 nitrogen and oxygen atoms in total. The Kier molecular flexibility index (Phi) is 4.97. The van der Waals surface area contributed by atoms with Crippen molar-refractivity contribution in [3.05, 3.63) is 53.2 Å². The summed E-state index contributed by atoms with van der Waals surface area (Å²) in [6, 6.07) is 13.7. The molecule has 1 aliphatic rings. The van der Waals surface area contributed by atoms with E-state index in [4.69, 9.17) is 5.26 Å². The molecular weight excluding hydrogens is 378 g/mol. The Morgan fingerprint density at radius 3 is 2.85 bits per heavy atom. The third kappa shape index (κ3) is 3.89. The fourth-order valence-electron chi connectivity index (χ4n) is 2.64. The normalized spacial score (nSPS) is 14.5. The van der Waals surface area contributed by atoms with Crippen LogP contribution in [0.1, 0.15) is 37.1 Å². The van der Waals surface area contributed by atoms with Crippen molar-refractivity contribution in [1.82, 2.24) is 14.8 Å². The smallest absolute Gasteiger partial charge is 0.238 e. The van der Waals surface area contributed by atoms with E-state index in [0.29, 0.717) is 21.6 Å². The lowest BCUT2D eigenvalue weighted by Gasteiger charge is -2.08. The van der Waals surface area contributed by atoms with Crippen molar-refractivity contribution in [3.8, 4) is 11.8 Å². The predicted molar refractivity (Wildman–Crippen MR) is 106 cm³/mol. The van der Waals surface area contributed by atoms with E-state index in [1.807, 2.05) is 41.9 Å². The maximum atomic E-state index is 12.5. The monoisotopic (exact) mass is 395 g/mol. The molecule has 136 valence electrons. The van der Waals surface area contributed by atoms with Crippen LogP contribution in [0.2, 0.25) is 0 Å². The van der Waals surface area contributed by atoms with Gasteiger partial charge in [0.25, 0.3) is 0 Å². The number of thiophene rings is 1. The summed E-state index contributed by atoms with van der Waals surface area (Å²) in [5.74, 6) is 1.24. The first-order valence-corrected chi connectivity index (χ1v) is 10.4. The molecule has 1 fully saturated rings. The lowest BCUT2D eigenvalue weighted by molar-refractivity contribution is -0.115. The van der Waals surface area contributed by atoms with Gasteiger partial charge in [0.2, 0.25) is 11.1 Å². The number of hydrogen-bond donors (Lipinski definition) is 1. The van der Waals surface area contributed by atoms with Gasteiger partial charge in [-0.1, -0.05) is 30.0 Å². The zero-order chi connectivity index (χ0) is 18.8. The topological polar surface area (TPSA) is 83.6 Å². The molecule has 3 aromatic rings. The summed E-state index contributed by atoms with van der Waals surface area (Å²) in [5.41, 5.74) is 1.46. The molecule has 0 saturated heterocycles. The molecule has 1 aliphatic carbocycles. The Morgan fingerprint density at radius 1 is 1.37 bits per heavy atom. The van der Waals surface area contributed by atoms with Gasteiger partial charge in [0.05, 0.1) is 16.5 Å². The van der Waals surface area contributed by atoms with Gasteiger partial charge in [0.1, 0.15) is 16.9 Å². The van der Waals surface area contributed by atoms with Gasteiger partial charge in [0.15, 0.2) is 0 Å². The summed E-state index contributed by atoms with van der Waals surface area (Å²) in [6.07, 6.45) is 2.25. The van der Waals surface area contributed by atoms with Crippen LogP contribution in [0.25, 0.3) is 5.69 Å². The SMILES string of the molecule is C[C@H](Sc1nc(C2CC2)n(-c2ccccc2)n1)C(=O)Nc1sccc1C#N. The minimum absolute atomic E-state index is 0.164. The van der Waals surface area contributed by atoms with Crippen LogP contribution in [0, 0.1) is 11.3 Å². The summed E-state index contributed by atoms with van der Waals surface area (Å²) in [7, 11) is 0. The molecule has 27 heavy (non-hydrogen) atoms. The van der Waals surface area contributed by atoms with Crippen molar-refractivity contribution in [1.29, 1.82) is 5.26 Å². The molecule has 1 amide bonds. The highest BCUT2D eigenvalue weighted by atomic mass is 32.2. The molecule has 2 aromatic heterocycles. The number of nitriles is 1. The maximum absolute atomic E-state index is 12.5. The van der Waals surface area contributed by atoms with Gasteiger partial charge < -0.3 is 5.32 Å². The van der Waals surface area contributed by atoms with E-state index in [-0.39, 0.29) is 11.2 Å². The first kappa shape index (κ1) is 17.8. The highest BCUT2D eigenvalue weighted by Gasteiger charge is 2.31. The number of benzene rings is 1. The van der Waals surface area contributed by atoms with E-state index >= 15 is 0 Å². The van der Waals surface area contributed by atoms with Crippen molar-refractivity contribution in [2.24, 2.45) is 0 Å². The first-order chi connectivity index (χ1) is 13.2. The van der Waals surface area contributed by atoms with Crippen molar-refractivity contribution in [2.75, 3.05) is 5.32 Å².